The van der Waals surface area contributed by atoms with Crippen molar-refractivity contribution >= 4 is 28.2 Å². The van der Waals surface area contributed by atoms with Gasteiger partial charge in [0.05, 0.1) is 0 Å². The first-order chi connectivity index (χ1) is 9.60. The molecule has 20 heavy (non-hydrogen) atoms. The lowest BCUT2D eigenvalue weighted by atomic mass is 10.1. The molecule has 0 aliphatic carbocycles. The lowest BCUT2D eigenvalue weighted by Gasteiger charge is -2.11. The molecular formula is C13H19N5S2. The van der Waals surface area contributed by atoms with E-state index in [-0.39, 0.29) is 6.04 Å². The van der Waals surface area contributed by atoms with E-state index in [1.54, 1.807) is 29.3 Å². The van der Waals surface area contributed by atoms with Crippen LogP contribution in [0.3, 0.4) is 0 Å². The van der Waals surface area contributed by atoms with Gasteiger partial charge in [-0.2, -0.15) is 0 Å². The van der Waals surface area contributed by atoms with Gasteiger partial charge in [-0.25, -0.2) is 4.98 Å². The normalized spacial score (nSPS) is 12.4. The maximum Gasteiger partial charge on any atom is 0.208 e. The minimum absolute atomic E-state index is 0.172. The molecule has 0 aliphatic heterocycles. The van der Waals surface area contributed by atoms with Gasteiger partial charge in [0.25, 0.3) is 0 Å². The van der Waals surface area contributed by atoms with Crippen LogP contribution in [0.5, 0.6) is 0 Å². The van der Waals surface area contributed by atoms with Crippen molar-refractivity contribution in [3.63, 3.8) is 0 Å². The summed E-state index contributed by atoms with van der Waals surface area (Å²) in [5.74, 6) is 0. The second-order valence-electron chi connectivity index (χ2n) is 4.69. The van der Waals surface area contributed by atoms with Crippen LogP contribution in [0.25, 0.3) is 0 Å². The van der Waals surface area contributed by atoms with Crippen LogP contribution < -0.4 is 10.6 Å². The molecule has 0 radical (unpaired) electrons. The van der Waals surface area contributed by atoms with Crippen molar-refractivity contribution in [3.8, 4) is 0 Å². The van der Waals surface area contributed by atoms with Crippen LogP contribution in [0, 0.1) is 0 Å². The Morgan fingerprint density at radius 3 is 2.85 bits per heavy atom. The highest BCUT2D eigenvalue weighted by Crippen LogP contribution is 2.33. The molecule has 0 amide bonds. The maximum atomic E-state index is 6.04. The molecule has 0 saturated heterocycles. The maximum absolute atomic E-state index is 6.04. The van der Waals surface area contributed by atoms with Crippen LogP contribution in [-0.2, 0) is 6.42 Å². The Labute approximate surface area is 127 Å². The number of aromatic nitrogens is 3. The fourth-order valence-electron chi connectivity index (χ4n) is 1.61. The van der Waals surface area contributed by atoms with E-state index >= 15 is 0 Å². The summed E-state index contributed by atoms with van der Waals surface area (Å²) < 4.78 is 0.902. The van der Waals surface area contributed by atoms with Crippen molar-refractivity contribution in [1.29, 1.82) is 0 Å². The lowest BCUT2D eigenvalue weighted by Crippen LogP contribution is -2.21. The summed E-state index contributed by atoms with van der Waals surface area (Å²) in [4.78, 5) is 6.40. The van der Waals surface area contributed by atoms with Gasteiger partial charge in [0.2, 0.25) is 5.13 Å². The number of anilines is 1. The minimum atomic E-state index is 0.172. The molecular weight excluding hydrogens is 290 g/mol. The van der Waals surface area contributed by atoms with E-state index in [2.05, 4.69) is 28.2 Å². The monoisotopic (exact) mass is 309 g/mol. The van der Waals surface area contributed by atoms with Crippen LogP contribution in [0.2, 0.25) is 0 Å². The summed E-state index contributed by atoms with van der Waals surface area (Å²) in [5.41, 5.74) is 7.22. The SMILES string of the molecule is CCC(N)Cc1cccnc1Sc1nnc(N(C)C)s1. The molecule has 2 aromatic rings. The summed E-state index contributed by atoms with van der Waals surface area (Å²) in [6.07, 6.45) is 3.60. The van der Waals surface area contributed by atoms with Crippen LogP contribution >= 0.6 is 23.1 Å². The Morgan fingerprint density at radius 1 is 1.40 bits per heavy atom. The summed E-state index contributed by atoms with van der Waals surface area (Å²) >= 11 is 3.12. The predicted molar refractivity (Wildman–Crippen MR) is 84.6 cm³/mol. The zero-order chi connectivity index (χ0) is 14.5. The largest absolute Gasteiger partial charge is 0.353 e. The quantitative estimate of drug-likeness (QED) is 0.884. The van der Waals surface area contributed by atoms with Gasteiger partial charge >= 0.3 is 0 Å². The number of hydrogen-bond acceptors (Lipinski definition) is 7. The molecule has 0 saturated carbocycles. The first kappa shape index (κ1) is 15.2. The van der Waals surface area contributed by atoms with Gasteiger partial charge in [0.15, 0.2) is 4.34 Å². The topological polar surface area (TPSA) is 67.9 Å². The molecule has 2 rings (SSSR count). The minimum Gasteiger partial charge on any atom is -0.353 e. The third-order valence-electron chi connectivity index (χ3n) is 2.82. The van der Waals surface area contributed by atoms with Crippen LogP contribution in [0.1, 0.15) is 18.9 Å². The van der Waals surface area contributed by atoms with Gasteiger partial charge in [-0.1, -0.05) is 24.3 Å². The van der Waals surface area contributed by atoms with Crippen LogP contribution in [0.15, 0.2) is 27.7 Å². The van der Waals surface area contributed by atoms with E-state index in [9.17, 15) is 0 Å². The van der Waals surface area contributed by atoms with Crippen molar-refractivity contribution in [2.24, 2.45) is 5.73 Å². The third-order valence-corrected chi connectivity index (χ3v) is 5.02. The van der Waals surface area contributed by atoms with Crippen molar-refractivity contribution in [2.45, 2.75) is 35.2 Å². The van der Waals surface area contributed by atoms with Gasteiger partial charge in [0, 0.05) is 26.3 Å². The smallest absolute Gasteiger partial charge is 0.208 e. The predicted octanol–water partition coefficient (Wildman–Crippen LogP) is 2.43. The van der Waals surface area contributed by atoms with E-state index in [1.165, 1.54) is 5.56 Å². The van der Waals surface area contributed by atoms with Gasteiger partial charge < -0.3 is 10.6 Å². The first-order valence-corrected chi connectivity index (χ1v) is 8.11. The standard InChI is InChI=1S/C13H19N5S2/c1-4-10(14)8-9-6-5-7-15-11(9)19-13-17-16-12(20-13)18(2)3/h5-7,10H,4,8,14H2,1-3H3. The highest BCUT2D eigenvalue weighted by Gasteiger charge is 2.12. The molecule has 1 unspecified atom stereocenters. The van der Waals surface area contributed by atoms with Crippen LogP contribution in [0.4, 0.5) is 5.13 Å². The highest BCUT2D eigenvalue weighted by molar-refractivity contribution is 8.01. The summed E-state index contributed by atoms with van der Waals surface area (Å²) in [5, 5.41) is 10.2. The first-order valence-electron chi connectivity index (χ1n) is 6.48. The van der Waals surface area contributed by atoms with E-state index < -0.39 is 0 Å². The number of nitrogens with zero attached hydrogens (tertiary/aromatic N) is 4. The summed E-state index contributed by atoms with van der Waals surface area (Å²) in [7, 11) is 3.92. The Hall–Kier alpha value is -1.18. The van der Waals surface area contributed by atoms with E-state index in [0.717, 1.165) is 27.3 Å². The molecule has 0 bridgehead atoms. The molecule has 2 N–H and O–H groups in total. The Morgan fingerprint density at radius 2 is 2.20 bits per heavy atom. The van der Waals surface area contributed by atoms with Gasteiger partial charge in [-0.3, -0.25) is 0 Å². The average Bonchev–Trinajstić information content (AvgIpc) is 2.89. The zero-order valence-corrected chi connectivity index (χ0v) is 13.5. The van der Waals surface area contributed by atoms with Gasteiger partial charge in [0.1, 0.15) is 5.03 Å². The second kappa shape index (κ2) is 7.01. The van der Waals surface area contributed by atoms with E-state index in [0.29, 0.717) is 0 Å². The van der Waals surface area contributed by atoms with Gasteiger partial charge in [-0.15, -0.1) is 10.2 Å². The number of pyridine rings is 1. The van der Waals surface area contributed by atoms with Crippen molar-refractivity contribution in [2.75, 3.05) is 19.0 Å². The Bertz CT molecular complexity index is 555. The zero-order valence-electron chi connectivity index (χ0n) is 11.9. The lowest BCUT2D eigenvalue weighted by molar-refractivity contribution is 0.637. The second-order valence-corrected chi connectivity index (χ2v) is 6.88. The molecule has 108 valence electrons. The van der Waals surface area contributed by atoms with Crippen LogP contribution in [-0.4, -0.2) is 35.3 Å². The van der Waals surface area contributed by atoms with Crippen molar-refractivity contribution < 1.29 is 0 Å². The molecule has 2 aromatic heterocycles. The molecule has 2 heterocycles. The summed E-state index contributed by atoms with van der Waals surface area (Å²) in [6, 6.07) is 4.21. The molecule has 5 nitrogen and oxygen atoms in total. The molecule has 0 aromatic carbocycles. The molecule has 0 fully saturated rings. The third kappa shape index (κ3) is 3.91. The van der Waals surface area contributed by atoms with Crippen molar-refractivity contribution in [3.05, 3.63) is 23.9 Å². The number of rotatable bonds is 6. The molecule has 0 spiro atoms. The Balaban J connectivity index is 2.15. The highest BCUT2D eigenvalue weighted by atomic mass is 32.2. The number of hydrogen-bond donors (Lipinski definition) is 1. The fourth-order valence-corrected chi connectivity index (χ4v) is 3.38. The van der Waals surface area contributed by atoms with E-state index in [4.69, 9.17) is 5.73 Å². The molecule has 1 atom stereocenters. The molecule has 0 aliphatic rings. The average molecular weight is 309 g/mol. The van der Waals surface area contributed by atoms with E-state index in [1.807, 2.05) is 25.1 Å². The van der Waals surface area contributed by atoms with Crippen molar-refractivity contribution in [1.82, 2.24) is 15.2 Å². The van der Waals surface area contributed by atoms with Gasteiger partial charge in [-0.05, 0) is 36.2 Å². The Kier molecular flexibility index (Phi) is 5.33. The molecule has 7 heteroatoms. The number of nitrogens with two attached hydrogens (primary N) is 1. The summed E-state index contributed by atoms with van der Waals surface area (Å²) in [6.45, 7) is 2.10. The fraction of sp³-hybridized carbons (Fsp3) is 0.462.